The van der Waals surface area contributed by atoms with Crippen molar-refractivity contribution in [2.45, 2.75) is 82.5 Å². The van der Waals surface area contributed by atoms with Crippen LogP contribution in [0.4, 0.5) is 22.1 Å². The third-order valence-electron chi connectivity index (χ3n) is 14.7. The van der Waals surface area contributed by atoms with Gasteiger partial charge in [0.15, 0.2) is 5.82 Å². The van der Waals surface area contributed by atoms with Crippen molar-refractivity contribution >= 4 is 47.0 Å². The van der Waals surface area contributed by atoms with Gasteiger partial charge in [-0.3, -0.25) is 34.4 Å². The van der Waals surface area contributed by atoms with Crippen molar-refractivity contribution in [2.75, 3.05) is 95.8 Å². The maximum absolute atomic E-state index is 13.6. The Balaban J connectivity index is 0.726. The molecule has 2 aromatic carbocycles. The van der Waals surface area contributed by atoms with Gasteiger partial charge in [-0.1, -0.05) is 31.2 Å². The van der Waals surface area contributed by atoms with Crippen molar-refractivity contribution in [3.05, 3.63) is 76.6 Å². The van der Waals surface area contributed by atoms with Gasteiger partial charge in [0.05, 0.1) is 24.5 Å². The van der Waals surface area contributed by atoms with E-state index in [1.807, 2.05) is 29.0 Å². The van der Waals surface area contributed by atoms with Crippen LogP contribution in [0, 0.1) is 0 Å². The van der Waals surface area contributed by atoms with Gasteiger partial charge in [-0.2, -0.15) is 0 Å². The lowest BCUT2D eigenvalue weighted by Gasteiger charge is -2.41. The number of anilines is 3. The molecule has 0 radical (unpaired) electrons. The van der Waals surface area contributed by atoms with E-state index >= 15 is 0 Å². The van der Waals surface area contributed by atoms with E-state index in [-0.39, 0.29) is 48.2 Å². The number of carbonyl (C=O) groups excluding carboxylic acids is 5. The fourth-order valence-corrected chi connectivity index (χ4v) is 10.5. The van der Waals surface area contributed by atoms with Gasteiger partial charge >= 0.3 is 6.03 Å². The first-order chi connectivity index (χ1) is 31.0. The number of fused-ring (bicyclic) bond motifs is 1. The first-order valence-electron chi connectivity index (χ1n) is 23.1. The molecule has 0 aliphatic carbocycles. The first-order valence-corrected chi connectivity index (χ1v) is 23.1. The van der Waals surface area contributed by atoms with Crippen LogP contribution in [0.3, 0.4) is 0 Å². The highest BCUT2D eigenvalue weighted by Crippen LogP contribution is 2.36. The SMILES string of the molecule is CN1CCN([C@@H]2CCCN(c3cnc(CN)c(Nc4ccc(C5(C)CCN(C(=O)CN6CCN(CCc7cccc8c7CN(C7CCC(=O)NC7=O)C8=O)CC6)CC5)cc4)n3)C2)C1=O. The molecule has 3 aromatic rings. The monoisotopic (exact) mass is 874 g/mol. The van der Waals surface area contributed by atoms with Crippen molar-refractivity contribution in [3.63, 3.8) is 0 Å². The van der Waals surface area contributed by atoms with Crippen molar-refractivity contribution in [3.8, 4) is 0 Å². The molecule has 9 rings (SSSR count). The smallest absolute Gasteiger partial charge is 0.320 e. The Kier molecular flexibility index (Phi) is 12.6. The van der Waals surface area contributed by atoms with Gasteiger partial charge in [0.2, 0.25) is 17.7 Å². The lowest BCUT2D eigenvalue weighted by molar-refractivity contribution is -0.137. The fourth-order valence-electron chi connectivity index (χ4n) is 10.5. The van der Waals surface area contributed by atoms with Crippen molar-refractivity contribution < 1.29 is 24.0 Å². The molecule has 17 nitrogen and oxygen atoms in total. The lowest BCUT2D eigenvalue weighted by atomic mass is 9.74. The lowest BCUT2D eigenvalue weighted by Crippen LogP contribution is -2.52. The minimum Gasteiger partial charge on any atom is -0.353 e. The molecule has 2 atom stereocenters. The van der Waals surface area contributed by atoms with Crippen LogP contribution in [0.2, 0.25) is 0 Å². The van der Waals surface area contributed by atoms with Crippen LogP contribution < -0.4 is 21.3 Å². The Morgan fingerprint density at radius 2 is 1.67 bits per heavy atom. The first kappa shape index (κ1) is 43.6. The average molecular weight is 875 g/mol. The zero-order chi connectivity index (χ0) is 44.5. The summed E-state index contributed by atoms with van der Waals surface area (Å²) in [4.78, 5) is 87.8. The van der Waals surface area contributed by atoms with Gasteiger partial charge in [-0.05, 0) is 78.8 Å². The summed E-state index contributed by atoms with van der Waals surface area (Å²) in [5, 5.41) is 5.87. The number of amides is 6. The van der Waals surface area contributed by atoms with Crippen molar-refractivity contribution in [1.82, 2.24) is 44.7 Å². The maximum Gasteiger partial charge on any atom is 0.320 e. The quantitative estimate of drug-likeness (QED) is 0.227. The van der Waals surface area contributed by atoms with E-state index in [2.05, 4.69) is 67.6 Å². The minimum absolute atomic E-state index is 0.0468. The number of nitrogens with two attached hydrogens (primary N) is 1. The van der Waals surface area contributed by atoms with E-state index in [1.165, 1.54) is 5.56 Å². The zero-order valence-electron chi connectivity index (χ0n) is 37.3. The zero-order valence-corrected chi connectivity index (χ0v) is 37.3. The van der Waals surface area contributed by atoms with E-state index in [0.29, 0.717) is 36.6 Å². The van der Waals surface area contributed by atoms with E-state index < -0.39 is 11.9 Å². The highest BCUT2D eigenvalue weighted by Gasteiger charge is 2.40. The Hall–Kier alpha value is -5.65. The molecule has 5 saturated heterocycles. The van der Waals surface area contributed by atoms with E-state index in [1.54, 1.807) is 16.0 Å². The second-order valence-corrected chi connectivity index (χ2v) is 18.7. The molecule has 6 amide bonds. The molecule has 340 valence electrons. The Morgan fingerprint density at radius 3 is 2.39 bits per heavy atom. The Bertz CT molecular complexity index is 2260. The Labute approximate surface area is 375 Å². The molecule has 17 heteroatoms. The highest BCUT2D eigenvalue weighted by atomic mass is 16.2. The van der Waals surface area contributed by atoms with Crippen LogP contribution >= 0.6 is 0 Å². The summed E-state index contributed by atoms with van der Waals surface area (Å²) in [7, 11) is 1.86. The number of rotatable bonds is 12. The van der Waals surface area contributed by atoms with Crippen LogP contribution in [0.1, 0.15) is 78.2 Å². The number of hydrogen-bond acceptors (Lipinski definition) is 12. The number of nitrogens with zero attached hydrogens (tertiary/aromatic N) is 9. The third-order valence-corrected chi connectivity index (χ3v) is 14.7. The second kappa shape index (κ2) is 18.4. The molecule has 0 spiro atoms. The topological polar surface area (TPSA) is 184 Å². The van der Waals surface area contributed by atoms with Crippen LogP contribution in [0.15, 0.2) is 48.7 Å². The van der Waals surface area contributed by atoms with Crippen LogP contribution in [0.25, 0.3) is 0 Å². The minimum atomic E-state index is -0.618. The normalized spacial score (nSPS) is 23.2. The van der Waals surface area contributed by atoms with Gasteiger partial charge in [0.1, 0.15) is 11.9 Å². The molecule has 1 unspecified atom stereocenters. The number of aromatic nitrogens is 2. The summed E-state index contributed by atoms with van der Waals surface area (Å²) in [6.45, 7) is 12.2. The van der Waals surface area contributed by atoms with E-state index in [4.69, 9.17) is 10.7 Å². The number of likely N-dealkylation sites (N-methyl/N-ethyl adjacent to an activating group) is 1. The van der Waals surface area contributed by atoms with Crippen molar-refractivity contribution in [1.29, 1.82) is 0 Å². The standard InChI is InChI=1S/C47H62N12O5/c1-47(33-8-10-34(11-9-33)50-43-38(27-48)49-28-40(51-43)57-17-4-6-35(29-57)58-26-21-53(2)46(58)64)15-19-56(20-16-47)42(61)31-55-24-22-54(23-25-55)18-14-32-5-3-7-36-37(32)30-59(45(36)63)39-12-13-41(60)52-44(39)62/h3,5,7-11,28,35,39H,4,6,12-27,29-31,48H2,1-2H3,(H,50,51)(H,52,60,62)/t35-,39?/m1/s1. The number of nitrogens with one attached hydrogen (secondary N) is 2. The van der Waals surface area contributed by atoms with Gasteiger partial charge in [-0.15, -0.1) is 0 Å². The predicted molar refractivity (Wildman–Crippen MR) is 242 cm³/mol. The summed E-state index contributed by atoms with van der Waals surface area (Å²) < 4.78 is 0. The van der Waals surface area contributed by atoms with E-state index in [0.717, 1.165) is 127 Å². The summed E-state index contributed by atoms with van der Waals surface area (Å²) in [5.41, 5.74) is 11.7. The van der Waals surface area contributed by atoms with Crippen molar-refractivity contribution in [2.24, 2.45) is 5.73 Å². The number of piperazine rings is 1. The molecule has 4 N–H and O–H groups in total. The molecule has 0 bridgehead atoms. The second-order valence-electron chi connectivity index (χ2n) is 18.7. The molecule has 1 aromatic heterocycles. The number of piperidine rings is 3. The third kappa shape index (κ3) is 9.02. The van der Waals surface area contributed by atoms with E-state index in [9.17, 15) is 24.0 Å². The summed E-state index contributed by atoms with van der Waals surface area (Å²) >= 11 is 0. The number of carbonyl (C=O) groups is 5. The number of urea groups is 1. The van der Waals surface area contributed by atoms with Gasteiger partial charge in [0.25, 0.3) is 5.91 Å². The summed E-state index contributed by atoms with van der Waals surface area (Å²) in [6.07, 6.45) is 6.93. The number of imide groups is 1. The molecule has 7 heterocycles. The average Bonchev–Trinajstić information content (AvgIpc) is 3.83. The molecule has 64 heavy (non-hydrogen) atoms. The predicted octanol–water partition coefficient (Wildman–Crippen LogP) is 2.52. The largest absolute Gasteiger partial charge is 0.353 e. The molecule has 0 saturated carbocycles. The number of likely N-dealkylation sites (tertiary alicyclic amines) is 1. The van der Waals surface area contributed by atoms with Gasteiger partial charge in [0, 0.05) is 110 Å². The fraction of sp³-hybridized carbons (Fsp3) is 0.553. The van der Waals surface area contributed by atoms with Crippen LogP contribution in [-0.2, 0) is 39.3 Å². The highest BCUT2D eigenvalue weighted by molar-refractivity contribution is 6.05. The number of hydrogen-bond donors (Lipinski definition) is 3. The molecule has 6 aliphatic heterocycles. The van der Waals surface area contributed by atoms with Gasteiger partial charge in [-0.25, -0.2) is 9.78 Å². The molecular weight excluding hydrogens is 813 g/mol. The van der Waals surface area contributed by atoms with Gasteiger partial charge < -0.3 is 40.4 Å². The summed E-state index contributed by atoms with van der Waals surface area (Å²) in [5.74, 6) is 0.791. The molecular formula is C47H62N12O5. The molecule has 5 fully saturated rings. The Morgan fingerprint density at radius 1 is 0.906 bits per heavy atom. The number of benzene rings is 2. The summed E-state index contributed by atoms with van der Waals surface area (Å²) in [6, 6.07) is 14.0. The molecule has 6 aliphatic rings. The van der Waals surface area contributed by atoms with Crippen LogP contribution in [-0.4, -0.2) is 167 Å². The van der Waals surface area contributed by atoms with Crippen LogP contribution in [0.5, 0.6) is 0 Å². The maximum atomic E-state index is 13.6.